The predicted molar refractivity (Wildman–Crippen MR) is 96.2 cm³/mol. The van der Waals surface area contributed by atoms with Gasteiger partial charge >= 0.3 is 17.9 Å². The molecular weight excluding hydrogens is 378 g/mol. The molecule has 0 bridgehead atoms. The van der Waals surface area contributed by atoms with E-state index in [1.165, 1.54) is 12.1 Å². The van der Waals surface area contributed by atoms with Crippen molar-refractivity contribution in [3.63, 3.8) is 0 Å². The van der Waals surface area contributed by atoms with Crippen LogP contribution in [0.2, 0.25) is 5.02 Å². The molecule has 0 radical (unpaired) electrons. The zero-order valence-corrected chi connectivity index (χ0v) is 16.0. The molecule has 2 rings (SSSR count). The van der Waals surface area contributed by atoms with Gasteiger partial charge in [0.25, 0.3) is 0 Å². The number of aliphatic hydroxyl groups excluding tert-OH is 1. The highest BCUT2D eigenvalue weighted by atomic mass is 35.5. The molecule has 1 heterocycles. The second kappa shape index (κ2) is 8.58. The molecule has 0 saturated carbocycles. The smallest absolute Gasteiger partial charge is 0.330 e. The fourth-order valence-corrected chi connectivity index (χ4v) is 3.26. The van der Waals surface area contributed by atoms with Gasteiger partial charge in [-0.15, -0.1) is 0 Å². The Balaban J connectivity index is 2.73. The number of ether oxygens (including phenoxy) is 3. The van der Waals surface area contributed by atoms with Crippen molar-refractivity contribution in [2.75, 3.05) is 25.1 Å². The minimum absolute atomic E-state index is 0.0162. The Morgan fingerprint density at radius 1 is 1.07 bits per heavy atom. The third-order valence-corrected chi connectivity index (χ3v) is 4.48. The number of anilines is 1. The molecule has 1 aliphatic heterocycles. The zero-order chi connectivity index (χ0) is 20.2. The molecule has 1 aliphatic rings. The third kappa shape index (κ3) is 3.59. The Hall–Kier alpha value is -2.32. The molecule has 27 heavy (non-hydrogen) atoms. The van der Waals surface area contributed by atoms with E-state index in [1.54, 1.807) is 26.8 Å². The minimum Gasteiger partial charge on any atom is -0.465 e. The topological polar surface area (TPSA) is 111 Å². The van der Waals surface area contributed by atoms with E-state index in [1.807, 2.05) is 0 Å². The fraction of sp³-hybridized carbons (Fsp3) is 0.500. The second-order valence-electron chi connectivity index (χ2n) is 5.77. The molecule has 0 aromatic heterocycles. The second-order valence-corrected chi connectivity index (χ2v) is 6.21. The monoisotopic (exact) mass is 399 g/mol. The van der Waals surface area contributed by atoms with E-state index in [9.17, 15) is 19.5 Å². The summed E-state index contributed by atoms with van der Waals surface area (Å²) in [6.45, 7) is 4.56. The molecule has 2 N–H and O–H groups in total. The maximum absolute atomic E-state index is 12.9. The van der Waals surface area contributed by atoms with Gasteiger partial charge in [-0.25, -0.2) is 4.79 Å². The molecular formula is C18H22ClNO7. The van der Waals surface area contributed by atoms with Crippen molar-refractivity contribution in [3.05, 3.63) is 28.8 Å². The van der Waals surface area contributed by atoms with Gasteiger partial charge in [0.2, 0.25) is 5.41 Å². The first-order valence-electron chi connectivity index (χ1n) is 8.59. The summed E-state index contributed by atoms with van der Waals surface area (Å²) in [5.41, 5.74) is -1.87. The first-order chi connectivity index (χ1) is 12.8. The van der Waals surface area contributed by atoms with Crippen LogP contribution in [0.3, 0.4) is 0 Å². The number of benzene rings is 1. The van der Waals surface area contributed by atoms with E-state index in [0.29, 0.717) is 5.69 Å². The van der Waals surface area contributed by atoms with Crippen molar-refractivity contribution in [2.24, 2.45) is 5.41 Å². The Morgan fingerprint density at radius 3 is 2.15 bits per heavy atom. The quantitative estimate of drug-likeness (QED) is 0.423. The van der Waals surface area contributed by atoms with Gasteiger partial charge in [0.1, 0.15) is 6.10 Å². The van der Waals surface area contributed by atoms with E-state index < -0.39 is 35.5 Å². The van der Waals surface area contributed by atoms with Crippen molar-refractivity contribution in [2.45, 2.75) is 32.9 Å². The number of nitrogens with one attached hydrogen (secondary N) is 1. The number of carbonyl (C=O) groups is 3. The van der Waals surface area contributed by atoms with E-state index >= 15 is 0 Å². The summed E-state index contributed by atoms with van der Waals surface area (Å²) in [4.78, 5) is 38.4. The maximum atomic E-state index is 12.9. The molecule has 2 atom stereocenters. The van der Waals surface area contributed by atoms with Crippen LogP contribution in [-0.4, -0.2) is 48.9 Å². The summed E-state index contributed by atoms with van der Waals surface area (Å²) in [6, 6.07) is 2.94. The summed E-state index contributed by atoms with van der Waals surface area (Å²) < 4.78 is 15.1. The average molecular weight is 400 g/mol. The van der Waals surface area contributed by atoms with Crippen LogP contribution in [0, 0.1) is 5.41 Å². The molecule has 0 aliphatic carbocycles. The van der Waals surface area contributed by atoms with Crippen molar-refractivity contribution < 1.29 is 33.7 Å². The Labute approximate surface area is 161 Å². The number of fused-ring (bicyclic) bond motifs is 1. The fourth-order valence-electron chi connectivity index (χ4n) is 3.08. The lowest BCUT2D eigenvalue weighted by Crippen LogP contribution is -2.62. The van der Waals surface area contributed by atoms with Gasteiger partial charge in [0, 0.05) is 16.3 Å². The highest BCUT2D eigenvalue weighted by molar-refractivity contribution is 6.30. The van der Waals surface area contributed by atoms with Crippen molar-refractivity contribution >= 4 is 35.2 Å². The first kappa shape index (κ1) is 21.0. The maximum Gasteiger partial charge on any atom is 0.330 e. The van der Waals surface area contributed by atoms with Crippen LogP contribution >= 0.6 is 11.6 Å². The molecule has 1 aromatic carbocycles. The van der Waals surface area contributed by atoms with Gasteiger partial charge < -0.3 is 24.6 Å². The summed E-state index contributed by atoms with van der Waals surface area (Å²) in [5.74, 6) is -3.07. The lowest BCUT2D eigenvalue weighted by atomic mass is 9.69. The number of hydrogen-bond donors (Lipinski definition) is 2. The van der Waals surface area contributed by atoms with Crippen LogP contribution in [0.1, 0.15) is 32.4 Å². The van der Waals surface area contributed by atoms with Gasteiger partial charge in [-0.3, -0.25) is 9.59 Å². The van der Waals surface area contributed by atoms with Gasteiger partial charge in [0.15, 0.2) is 6.04 Å². The van der Waals surface area contributed by atoms with E-state index in [4.69, 9.17) is 25.8 Å². The standard InChI is InChI=1S/C18H22ClNO7/c1-4-25-15(22)13-18(16(23)26-5-2,17(24)27-6-3)14(21)11-9-10(19)7-8-12(11)20-13/h7-9,13-14,20-21H,4-6H2,1-3H3/t13-,14-/m1/s1. The number of aliphatic hydroxyl groups is 1. The van der Waals surface area contributed by atoms with E-state index in [-0.39, 0.29) is 30.4 Å². The Morgan fingerprint density at radius 2 is 1.63 bits per heavy atom. The van der Waals surface area contributed by atoms with Gasteiger partial charge in [-0.1, -0.05) is 11.6 Å². The Bertz CT molecular complexity index is 718. The van der Waals surface area contributed by atoms with Crippen LogP contribution in [0.15, 0.2) is 18.2 Å². The summed E-state index contributed by atoms with van der Waals surface area (Å²) in [7, 11) is 0. The van der Waals surface area contributed by atoms with Crippen LogP contribution in [0.5, 0.6) is 0 Å². The lowest BCUT2D eigenvalue weighted by molar-refractivity contribution is -0.189. The predicted octanol–water partition coefficient (Wildman–Crippen LogP) is 1.84. The molecule has 0 amide bonds. The SMILES string of the molecule is CCOC(=O)[C@H]1Nc2ccc(Cl)cc2[C@@H](O)C1(C(=O)OCC)C(=O)OCC. The number of hydrogen-bond acceptors (Lipinski definition) is 8. The van der Waals surface area contributed by atoms with Crippen molar-refractivity contribution in [1.29, 1.82) is 0 Å². The lowest BCUT2D eigenvalue weighted by Gasteiger charge is -2.43. The van der Waals surface area contributed by atoms with Crippen LogP contribution in [-0.2, 0) is 28.6 Å². The van der Waals surface area contributed by atoms with Crippen LogP contribution in [0.25, 0.3) is 0 Å². The highest BCUT2D eigenvalue weighted by Gasteiger charge is 2.66. The van der Waals surface area contributed by atoms with Gasteiger partial charge in [-0.05, 0) is 39.0 Å². The molecule has 9 heteroatoms. The number of rotatable bonds is 6. The van der Waals surface area contributed by atoms with Crippen LogP contribution in [0.4, 0.5) is 5.69 Å². The normalized spacial score (nSPS) is 20.0. The van der Waals surface area contributed by atoms with E-state index in [2.05, 4.69) is 5.32 Å². The molecule has 0 saturated heterocycles. The molecule has 148 valence electrons. The van der Waals surface area contributed by atoms with Crippen LogP contribution < -0.4 is 5.32 Å². The molecule has 0 unspecified atom stereocenters. The van der Waals surface area contributed by atoms with Gasteiger partial charge in [-0.2, -0.15) is 0 Å². The van der Waals surface area contributed by atoms with E-state index in [0.717, 1.165) is 0 Å². The summed E-state index contributed by atoms with van der Waals surface area (Å²) in [5, 5.41) is 14.2. The number of esters is 3. The van der Waals surface area contributed by atoms with Crippen molar-refractivity contribution in [1.82, 2.24) is 0 Å². The number of carbonyl (C=O) groups excluding carboxylic acids is 3. The first-order valence-corrected chi connectivity index (χ1v) is 8.97. The summed E-state index contributed by atoms with van der Waals surface area (Å²) in [6.07, 6.45) is -1.74. The highest BCUT2D eigenvalue weighted by Crippen LogP contribution is 2.48. The third-order valence-electron chi connectivity index (χ3n) is 4.24. The van der Waals surface area contributed by atoms with Gasteiger partial charge in [0.05, 0.1) is 19.8 Å². The molecule has 1 aromatic rings. The number of halogens is 1. The molecule has 0 spiro atoms. The summed E-state index contributed by atoms with van der Waals surface area (Å²) >= 11 is 6.00. The largest absolute Gasteiger partial charge is 0.465 e. The Kier molecular flexibility index (Phi) is 6.67. The molecule has 0 fully saturated rings. The average Bonchev–Trinajstić information content (AvgIpc) is 2.62. The minimum atomic E-state index is -2.38. The molecule has 8 nitrogen and oxygen atoms in total. The zero-order valence-electron chi connectivity index (χ0n) is 15.3. The van der Waals surface area contributed by atoms with Crippen molar-refractivity contribution in [3.8, 4) is 0 Å².